The van der Waals surface area contributed by atoms with Crippen LogP contribution in [-0.2, 0) is 12.4 Å². The van der Waals surface area contributed by atoms with E-state index in [1.165, 1.54) is 0 Å². The number of hydrogen-bond donors (Lipinski definition) is 1. The van der Waals surface area contributed by atoms with Crippen LogP contribution < -0.4 is 14.8 Å². The number of amides is 1. The Morgan fingerprint density at radius 1 is 1.03 bits per heavy atom. The lowest BCUT2D eigenvalue weighted by Gasteiger charge is -2.17. The molecule has 0 spiro atoms. The Hall–Kier alpha value is -3.70. The molecule has 1 atom stereocenters. The Bertz CT molecular complexity index is 1200. The fourth-order valence-corrected chi connectivity index (χ4v) is 3.34. The molecule has 0 fully saturated rings. The Morgan fingerprint density at radius 3 is 2.45 bits per heavy atom. The van der Waals surface area contributed by atoms with Crippen molar-refractivity contribution in [3.63, 3.8) is 0 Å². The summed E-state index contributed by atoms with van der Waals surface area (Å²) in [6, 6.07) is 7.34. The normalized spacial score (nSPS) is 14.3. The molecule has 174 valence electrons. The summed E-state index contributed by atoms with van der Waals surface area (Å²) in [5.74, 6) is -0.160. The van der Waals surface area contributed by atoms with E-state index in [4.69, 9.17) is 9.47 Å². The summed E-state index contributed by atoms with van der Waals surface area (Å²) in [7, 11) is 0. The zero-order valence-electron chi connectivity index (χ0n) is 16.8. The molecule has 1 unspecified atom stereocenters. The zero-order chi connectivity index (χ0) is 24.0. The topological polar surface area (TPSA) is 65.4 Å². The first-order valence-electron chi connectivity index (χ1n) is 9.48. The van der Waals surface area contributed by atoms with Gasteiger partial charge in [-0.2, -0.15) is 31.4 Å². The molecule has 2 aromatic carbocycles. The molecule has 1 aromatic heterocycles. The third-order valence-corrected chi connectivity index (χ3v) is 4.94. The molecule has 0 bridgehead atoms. The predicted octanol–water partition coefficient (Wildman–Crippen LogP) is 5.13. The summed E-state index contributed by atoms with van der Waals surface area (Å²) in [5.41, 5.74) is -3.40. The summed E-state index contributed by atoms with van der Waals surface area (Å²) in [6.07, 6.45) is -9.16. The molecule has 0 aliphatic carbocycles. The minimum Gasteiger partial charge on any atom is -0.454 e. The minimum atomic E-state index is -5.07. The van der Waals surface area contributed by atoms with Crippen LogP contribution in [0.3, 0.4) is 0 Å². The molecule has 0 saturated carbocycles. The molecule has 1 amide bonds. The third-order valence-electron chi connectivity index (χ3n) is 4.94. The average Bonchev–Trinajstić information content (AvgIpc) is 3.39. The van der Waals surface area contributed by atoms with E-state index in [9.17, 15) is 31.1 Å². The molecule has 6 nitrogen and oxygen atoms in total. The van der Waals surface area contributed by atoms with Gasteiger partial charge in [0.25, 0.3) is 5.91 Å². The van der Waals surface area contributed by atoms with Gasteiger partial charge < -0.3 is 14.8 Å². The van der Waals surface area contributed by atoms with E-state index >= 15 is 0 Å². The Balaban J connectivity index is 1.66. The van der Waals surface area contributed by atoms with Gasteiger partial charge in [-0.3, -0.25) is 4.79 Å². The molecule has 3 aromatic rings. The second-order valence-corrected chi connectivity index (χ2v) is 7.17. The van der Waals surface area contributed by atoms with Crippen LogP contribution in [0, 0.1) is 0 Å². The van der Waals surface area contributed by atoms with Crippen molar-refractivity contribution in [3.8, 4) is 17.2 Å². The van der Waals surface area contributed by atoms with Gasteiger partial charge in [-0.15, -0.1) is 0 Å². The van der Waals surface area contributed by atoms with Gasteiger partial charge in [0.05, 0.1) is 29.1 Å². The number of fused-ring (bicyclic) bond motifs is 1. The SMILES string of the molecule is CC(NC(=O)c1cnn(-c2cccc(C(F)(F)F)c2)c1C(F)(F)F)c1ccc2c(c1)OCO2. The van der Waals surface area contributed by atoms with Gasteiger partial charge in [0.2, 0.25) is 6.79 Å². The predicted molar refractivity (Wildman–Crippen MR) is 102 cm³/mol. The van der Waals surface area contributed by atoms with Gasteiger partial charge in [0, 0.05) is 0 Å². The second-order valence-electron chi connectivity index (χ2n) is 7.17. The molecule has 33 heavy (non-hydrogen) atoms. The van der Waals surface area contributed by atoms with Crippen LogP contribution in [-0.4, -0.2) is 22.5 Å². The van der Waals surface area contributed by atoms with Crippen LogP contribution in [0.15, 0.2) is 48.7 Å². The van der Waals surface area contributed by atoms with Gasteiger partial charge in [-0.25, -0.2) is 4.68 Å². The highest BCUT2D eigenvalue weighted by molar-refractivity contribution is 5.95. The molecule has 1 aliphatic heterocycles. The van der Waals surface area contributed by atoms with Gasteiger partial charge in [-0.1, -0.05) is 12.1 Å². The Morgan fingerprint density at radius 2 is 1.76 bits per heavy atom. The fraction of sp³-hybridized carbons (Fsp3) is 0.238. The lowest BCUT2D eigenvalue weighted by Crippen LogP contribution is -2.29. The average molecular weight is 471 g/mol. The standard InChI is InChI=1S/C21H15F6N3O3/c1-11(12-5-6-16-17(7-12)33-10-32-16)29-19(31)15-9-28-30(18(15)21(25,26)27)14-4-2-3-13(8-14)20(22,23)24/h2-9,11H,10H2,1H3,(H,29,31). The summed E-state index contributed by atoms with van der Waals surface area (Å²) < 4.78 is 91.3. The van der Waals surface area contributed by atoms with E-state index in [0.717, 1.165) is 18.2 Å². The monoisotopic (exact) mass is 471 g/mol. The van der Waals surface area contributed by atoms with Crippen molar-refractivity contribution in [2.24, 2.45) is 0 Å². The maximum absolute atomic E-state index is 13.8. The smallest absolute Gasteiger partial charge is 0.434 e. The summed E-state index contributed by atoms with van der Waals surface area (Å²) >= 11 is 0. The number of hydrogen-bond acceptors (Lipinski definition) is 4. The highest BCUT2D eigenvalue weighted by Crippen LogP contribution is 2.37. The van der Waals surface area contributed by atoms with Crippen LogP contribution in [0.4, 0.5) is 26.3 Å². The number of ether oxygens (including phenoxy) is 2. The molecule has 4 rings (SSSR count). The zero-order valence-corrected chi connectivity index (χ0v) is 16.8. The lowest BCUT2D eigenvalue weighted by molar-refractivity contribution is -0.143. The van der Waals surface area contributed by atoms with E-state index in [2.05, 4.69) is 10.4 Å². The molecule has 1 N–H and O–H groups in total. The number of alkyl halides is 6. The molecular formula is C21H15F6N3O3. The van der Waals surface area contributed by atoms with E-state index in [-0.39, 0.29) is 11.5 Å². The van der Waals surface area contributed by atoms with Crippen LogP contribution in [0.5, 0.6) is 11.5 Å². The van der Waals surface area contributed by atoms with Gasteiger partial charge >= 0.3 is 12.4 Å². The number of benzene rings is 2. The largest absolute Gasteiger partial charge is 0.454 e. The van der Waals surface area contributed by atoms with Crippen molar-refractivity contribution >= 4 is 5.91 Å². The fourth-order valence-electron chi connectivity index (χ4n) is 3.34. The molecule has 2 heterocycles. The number of nitrogens with one attached hydrogen (secondary N) is 1. The molecular weight excluding hydrogens is 456 g/mol. The van der Waals surface area contributed by atoms with Gasteiger partial charge in [0.1, 0.15) is 0 Å². The molecule has 0 saturated heterocycles. The summed E-state index contributed by atoms with van der Waals surface area (Å²) in [4.78, 5) is 12.7. The number of carbonyl (C=O) groups is 1. The van der Waals surface area contributed by atoms with E-state index in [1.807, 2.05) is 0 Å². The highest BCUT2D eigenvalue weighted by Gasteiger charge is 2.41. The van der Waals surface area contributed by atoms with Crippen LogP contribution >= 0.6 is 0 Å². The Labute approximate surface area is 182 Å². The maximum Gasteiger partial charge on any atom is 0.434 e. The quantitative estimate of drug-likeness (QED) is 0.536. The van der Waals surface area contributed by atoms with Crippen molar-refractivity contribution < 1.29 is 40.6 Å². The first-order valence-corrected chi connectivity index (χ1v) is 9.48. The first-order chi connectivity index (χ1) is 15.4. The number of rotatable bonds is 4. The molecule has 1 aliphatic rings. The second kappa shape index (κ2) is 8.01. The van der Waals surface area contributed by atoms with Crippen LogP contribution in [0.1, 0.15) is 40.1 Å². The number of halogens is 6. The highest BCUT2D eigenvalue weighted by atomic mass is 19.4. The van der Waals surface area contributed by atoms with Crippen LogP contribution in [0.2, 0.25) is 0 Å². The minimum absolute atomic E-state index is 0.0309. The van der Waals surface area contributed by atoms with Crippen molar-refractivity contribution in [2.75, 3.05) is 6.79 Å². The third kappa shape index (κ3) is 4.45. The first kappa shape index (κ1) is 22.5. The summed E-state index contributed by atoms with van der Waals surface area (Å²) in [5, 5.41) is 6.00. The lowest BCUT2D eigenvalue weighted by atomic mass is 10.1. The van der Waals surface area contributed by atoms with E-state index in [1.54, 1.807) is 25.1 Å². The number of nitrogens with zero attached hydrogens (tertiary/aromatic N) is 2. The van der Waals surface area contributed by atoms with Crippen molar-refractivity contribution in [3.05, 3.63) is 71.0 Å². The van der Waals surface area contributed by atoms with Crippen molar-refractivity contribution in [1.82, 2.24) is 15.1 Å². The summed E-state index contributed by atoms with van der Waals surface area (Å²) in [6.45, 7) is 1.59. The maximum atomic E-state index is 13.8. The van der Waals surface area contributed by atoms with E-state index < -0.39 is 46.8 Å². The van der Waals surface area contributed by atoms with Crippen molar-refractivity contribution in [1.29, 1.82) is 0 Å². The Kier molecular flexibility index (Phi) is 5.46. The number of aromatic nitrogens is 2. The molecule has 12 heteroatoms. The van der Waals surface area contributed by atoms with E-state index in [0.29, 0.717) is 29.3 Å². The number of carbonyl (C=O) groups excluding carboxylic acids is 1. The molecule has 0 radical (unpaired) electrons. The van der Waals surface area contributed by atoms with Gasteiger partial charge in [0.15, 0.2) is 17.2 Å². The van der Waals surface area contributed by atoms with Crippen molar-refractivity contribution in [2.45, 2.75) is 25.3 Å². The van der Waals surface area contributed by atoms with Gasteiger partial charge in [-0.05, 0) is 42.8 Å². The van der Waals surface area contributed by atoms with Crippen LogP contribution in [0.25, 0.3) is 5.69 Å².